The third kappa shape index (κ3) is 4.55. The molecule has 2 rings (SSSR count). The van der Waals surface area contributed by atoms with Crippen molar-refractivity contribution in [2.45, 2.75) is 37.6 Å². The molecule has 1 aliphatic heterocycles. The van der Waals surface area contributed by atoms with E-state index in [0.717, 1.165) is 0 Å². The van der Waals surface area contributed by atoms with Gasteiger partial charge in [0.2, 0.25) is 0 Å². The molecule has 132 valence electrons. The number of rotatable bonds is 6. The van der Waals surface area contributed by atoms with Crippen LogP contribution in [-0.2, 0) is 15.8 Å². The standard InChI is InChI=1S/C16H23N3O4S/c1-12(2)11-14(15(20)21)17-16(22)18-9-6-10-19(18)24(23)13-7-4-3-5-8-13/h3-5,7-8,12,14H,6,9-11H2,1-2H3,(H,17,22)(H,20,21)/t14-,24?/m0/s1. The van der Waals surface area contributed by atoms with Crippen molar-refractivity contribution in [3.63, 3.8) is 0 Å². The van der Waals surface area contributed by atoms with Crippen LogP contribution >= 0.6 is 0 Å². The fraction of sp³-hybridized carbons (Fsp3) is 0.500. The number of amides is 2. The molecule has 0 bridgehead atoms. The number of nitrogens with one attached hydrogen (secondary N) is 1. The maximum atomic E-state index is 12.7. The number of hydrazine groups is 1. The average Bonchev–Trinajstić information content (AvgIpc) is 3.03. The van der Waals surface area contributed by atoms with E-state index in [1.807, 2.05) is 19.9 Å². The van der Waals surface area contributed by atoms with Crippen LogP contribution in [0, 0.1) is 5.92 Å². The molecule has 0 saturated carbocycles. The van der Waals surface area contributed by atoms with Gasteiger partial charge in [-0.2, -0.15) is 0 Å². The van der Waals surface area contributed by atoms with E-state index in [1.165, 1.54) is 9.42 Å². The molecule has 0 spiro atoms. The van der Waals surface area contributed by atoms with Gasteiger partial charge in [-0.1, -0.05) is 32.0 Å². The van der Waals surface area contributed by atoms with E-state index >= 15 is 0 Å². The van der Waals surface area contributed by atoms with Gasteiger partial charge in [-0.15, -0.1) is 4.41 Å². The number of carbonyl (C=O) groups is 2. The number of hydrogen-bond donors (Lipinski definition) is 2. The van der Waals surface area contributed by atoms with E-state index in [-0.39, 0.29) is 5.92 Å². The Balaban J connectivity index is 2.07. The topological polar surface area (TPSA) is 90.0 Å². The molecular formula is C16H23N3O4S. The predicted molar refractivity (Wildman–Crippen MR) is 90.3 cm³/mol. The molecule has 2 atom stereocenters. The second-order valence-corrected chi connectivity index (χ2v) is 7.48. The van der Waals surface area contributed by atoms with E-state index < -0.39 is 29.0 Å². The minimum atomic E-state index is -1.49. The summed E-state index contributed by atoms with van der Waals surface area (Å²) in [5.41, 5.74) is 0. The second-order valence-electron chi connectivity index (χ2n) is 6.08. The van der Waals surface area contributed by atoms with Crippen LogP contribution < -0.4 is 5.32 Å². The highest BCUT2D eigenvalue weighted by molar-refractivity contribution is 7.82. The predicted octanol–water partition coefficient (Wildman–Crippen LogP) is 1.84. The van der Waals surface area contributed by atoms with Crippen LogP contribution in [0.5, 0.6) is 0 Å². The highest BCUT2D eigenvalue weighted by Crippen LogP contribution is 2.19. The molecule has 1 aromatic carbocycles. The summed E-state index contributed by atoms with van der Waals surface area (Å²) in [5, 5.41) is 13.1. The number of benzene rings is 1. The zero-order valence-electron chi connectivity index (χ0n) is 13.8. The fourth-order valence-electron chi connectivity index (χ4n) is 2.54. The molecule has 2 N–H and O–H groups in total. The van der Waals surface area contributed by atoms with Crippen LogP contribution in [-0.4, -0.2) is 49.9 Å². The molecule has 1 unspecified atom stereocenters. The Morgan fingerprint density at radius 2 is 1.92 bits per heavy atom. The van der Waals surface area contributed by atoms with Crippen LogP contribution in [0.15, 0.2) is 35.2 Å². The van der Waals surface area contributed by atoms with E-state index in [0.29, 0.717) is 30.8 Å². The van der Waals surface area contributed by atoms with Crippen LogP contribution in [0.1, 0.15) is 26.7 Å². The van der Waals surface area contributed by atoms with Gasteiger partial charge in [0, 0.05) is 13.1 Å². The number of carboxylic acids is 1. The van der Waals surface area contributed by atoms with Gasteiger partial charge in [0.05, 0.1) is 4.90 Å². The van der Waals surface area contributed by atoms with Gasteiger partial charge < -0.3 is 10.4 Å². The SMILES string of the molecule is CC(C)C[C@H](NC(=O)N1CCCN1S(=O)c1ccccc1)C(=O)O. The van der Waals surface area contributed by atoms with Gasteiger partial charge in [0.15, 0.2) is 0 Å². The molecule has 1 aliphatic rings. The van der Waals surface area contributed by atoms with Crippen molar-refractivity contribution in [3.8, 4) is 0 Å². The van der Waals surface area contributed by atoms with Crippen LogP contribution in [0.3, 0.4) is 0 Å². The van der Waals surface area contributed by atoms with Gasteiger partial charge >= 0.3 is 12.0 Å². The summed E-state index contributed by atoms with van der Waals surface area (Å²) >= 11 is 0. The minimum absolute atomic E-state index is 0.138. The number of carboxylic acid groups (broad SMARTS) is 1. The first-order valence-corrected chi connectivity index (χ1v) is 9.06. The molecule has 1 heterocycles. The number of aliphatic carboxylic acids is 1. The highest BCUT2D eigenvalue weighted by atomic mass is 32.2. The first-order valence-electron chi connectivity index (χ1n) is 7.95. The average molecular weight is 353 g/mol. The summed E-state index contributed by atoms with van der Waals surface area (Å²) in [7, 11) is -1.49. The normalized spacial score (nSPS) is 17.7. The number of carbonyl (C=O) groups excluding carboxylic acids is 1. The van der Waals surface area contributed by atoms with Crippen LogP contribution in [0.2, 0.25) is 0 Å². The molecule has 1 aromatic rings. The van der Waals surface area contributed by atoms with Gasteiger partial charge in [0.25, 0.3) is 0 Å². The number of hydrogen-bond acceptors (Lipinski definition) is 3. The zero-order chi connectivity index (χ0) is 17.7. The Bertz CT molecular complexity index is 609. The summed E-state index contributed by atoms with van der Waals surface area (Å²) in [5.74, 6) is -0.925. The monoisotopic (exact) mass is 353 g/mol. The lowest BCUT2D eigenvalue weighted by atomic mass is 10.0. The van der Waals surface area contributed by atoms with Crippen molar-refractivity contribution in [3.05, 3.63) is 30.3 Å². The molecule has 8 heteroatoms. The molecule has 1 saturated heterocycles. The lowest BCUT2D eigenvalue weighted by Gasteiger charge is -2.28. The number of urea groups is 1. The van der Waals surface area contributed by atoms with Crippen molar-refractivity contribution < 1.29 is 18.9 Å². The summed E-state index contributed by atoms with van der Waals surface area (Å²) in [6.45, 7) is 4.69. The first-order chi connectivity index (χ1) is 11.4. The molecule has 0 radical (unpaired) electrons. The van der Waals surface area contributed by atoms with Crippen molar-refractivity contribution in [1.82, 2.24) is 14.7 Å². The minimum Gasteiger partial charge on any atom is -0.480 e. The summed E-state index contributed by atoms with van der Waals surface area (Å²) in [6.07, 6.45) is 1.03. The van der Waals surface area contributed by atoms with Gasteiger partial charge in [0.1, 0.15) is 17.0 Å². The van der Waals surface area contributed by atoms with E-state index in [1.54, 1.807) is 24.3 Å². The third-order valence-electron chi connectivity index (χ3n) is 3.66. The quantitative estimate of drug-likeness (QED) is 0.816. The van der Waals surface area contributed by atoms with E-state index in [4.69, 9.17) is 0 Å². The van der Waals surface area contributed by atoms with Gasteiger partial charge in [-0.3, -0.25) is 0 Å². The molecule has 0 aliphatic carbocycles. The summed E-state index contributed by atoms with van der Waals surface area (Å²) < 4.78 is 14.1. The number of nitrogens with zero attached hydrogens (tertiary/aromatic N) is 2. The van der Waals surface area contributed by atoms with Crippen molar-refractivity contribution >= 4 is 23.0 Å². The Kier molecular flexibility index (Phi) is 6.33. The molecule has 1 fully saturated rings. The van der Waals surface area contributed by atoms with Crippen LogP contribution in [0.4, 0.5) is 4.79 Å². The molecular weight excluding hydrogens is 330 g/mol. The smallest absolute Gasteiger partial charge is 0.333 e. The van der Waals surface area contributed by atoms with Gasteiger partial charge in [-0.05, 0) is 30.9 Å². The Hall–Kier alpha value is -1.93. The third-order valence-corrected chi connectivity index (χ3v) is 5.10. The zero-order valence-corrected chi connectivity index (χ0v) is 14.7. The Morgan fingerprint density at radius 3 is 2.50 bits per heavy atom. The van der Waals surface area contributed by atoms with Crippen molar-refractivity contribution in [1.29, 1.82) is 0 Å². The molecule has 7 nitrogen and oxygen atoms in total. The molecule has 24 heavy (non-hydrogen) atoms. The van der Waals surface area contributed by atoms with Crippen molar-refractivity contribution in [2.24, 2.45) is 5.92 Å². The van der Waals surface area contributed by atoms with E-state index in [9.17, 15) is 18.9 Å². The fourth-order valence-corrected chi connectivity index (χ4v) is 3.80. The summed E-state index contributed by atoms with van der Waals surface area (Å²) in [4.78, 5) is 24.4. The Morgan fingerprint density at radius 1 is 1.25 bits per heavy atom. The van der Waals surface area contributed by atoms with Crippen molar-refractivity contribution in [2.75, 3.05) is 13.1 Å². The molecule has 2 amide bonds. The van der Waals surface area contributed by atoms with Crippen LogP contribution in [0.25, 0.3) is 0 Å². The maximum absolute atomic E-state index is 12.7. The highest BCUT2D eigenvalue weighted by Gasteiger charge is 2.33. The largest absolute Gasteiger partial charge is 0.480 e. The van der Waals surface area contributed by atoms with E-state index in [2.05, 4.69) is 5.32 Å². The first kappa shape index (κ1) is 18.4. The maximum Gasteiger partial charge on any atom is 0.333 e. The molecule has 0 aromatic heterocycles. The lowest BCUT2D eigenvalue weighted by Crippen LogP contribution is -2.52. The summed E-state index contributed by atoms with van der Waals surface area (Å²) in [6, 6.07) is 7.41. The second kappa shape index (κ2) is 8.25. The Labute approximate surface area is 144 Å². The lowest BCUT2D eigenvalue weighted by molar-refractivity contribution is -0.139. The van der Waals surface area contributed by atoms with Gasteiger partial charge in [-0.25, -0.2) is 18.8 Å².